The Hall–Kier alpha value is -1.50. The first kappa shape index (κ1) is 13.9. The molecule has 1 aromatic carbocycles. The van der Waals surface area contributed by atoms with E-state index in [1.807, 2.05) is 0 Å². The normalized spacial score (nSPS) is 10.9. The molecule has 0 N–H and O–H groups in total. The van der Waals surface area contributed by atoms with Gasteiger partial charge in [0.15, 0.2) is 0 Å². The number of nitrogens with zero attached hydrogens (tertiary/aromatic N) is 1. The summed E-state index contributed by atoms with van der Waals surface area (Å²) >= 11 is 0. The van der Waals surface area contributed by atoms with E-state index in [1.165, 1.54) is 53.9 Å². The molecule has 102 valence electrons. The molecule has 2 aromatic rings. The maximum Gasteiger partial charge on any atom is 0.0457 e. The lowest BCUT2D eigenvalue weighted by Crippen LogP contribution is -2.02. The summed E-state index contributed by atoms with van der Waals surface area (Å²) in [4.78, 5) is 0. The standard InChI is InChI=1S/C18H25N/c1-5-7-16-11-12-18(13-17(16)8-6-2)19-14(3)9-10-15(19)4/h9-13H,5-8H2,1-4H3. The second-order valence-electron chi connectivity index (χ2n) is 5.40. The first-order valence-electron chi connectivity index (χ1n) is 7.44. The molecule has 1 aromatic heterocycles. The predicted octanol–water partition coefficient (Wildman–Crippen LogP) is 5.00. The van der Waals surface area contributed by atoms with Crippen LogP contribution in [0.15, 0.2) is 30.3 Å². The number of hydrogen-bond acceptors (Lipinski definition) is 0. The molecule has 0 aliphatic rings. The van der Waals surface area contributed by atoms with E-state index in [4.69, 9.17) is 0 Å². The van der Waals surface area contributed by atoms with E-state index >= 15 is 0 Å². The van der Waals surface area contributed by atoms with Crippen LogP contribution in [0, 0.1) is 13.8 Å². The van der Waals surface area contributed by atoms with Crippen LogP contribution in [0.2, 0.25) is 0 Å². The van der Waals surface area contributed by atoms with Gasteiger partial charge >= 0.3 is 0 Å². The minimum absolute atomic E-state index is 1.18. The largest absolute Gasteiger partial charge is 0.319 e. The first-order chi connectivity index (χ1) is 9.17. The highest BCUT2D eigenvalue weighted by molar-refractivity contribution is 5.44. The lowest BCUT2D eigenvalue weighted by Gasteiger charge is -2.14. The molecule has 0 aliphatic carbocycles. The average Bonchev–Trinajstić information content (AvgIpc) is 2.72. The molecule has 0 unspecified atom stereocenters. The van der Waals surface area contributed by atoms with Crippen molar-refractivity contribution in [2.45, 2.75) is 53.4 Å². The Morgan fingerprint density at radius 3 is 1.95 bits per heavy atom. The maximum absolute atomic E-state index is 2.38. The van der Waals surface area contributed by atoms with Crippen molar-refractivity contribution >= 4 is 0 Å². The summed E-state index contributed by atoms with van der Waals surface area (Å²) in [7, 11) is 0. The maximum atomic E-state index is 2.38. The van der Waals surface area contributed by atoms with Crippen LogP contribution < -0.4 is 0 Å². The molecule has 19 heavy (non-hydrogen) atoms. The van der Waals surface area contributed by atoms with Crippen LogP contribution in [0.25, 0.3) is 5.69 Å². The molecule has 1 heteroatoms. The first-order valence-corrected chi connectivity index (χ1v) is 7.44. The third-order valence-electron chi connectivity index (χ3n) is 3.76. The smallest absolute Gasteiger partial charge is 0.0457 e. The van der Waals surface area contributed by atoms with Gasteiger partial charge in [0, 0.05) is 17.1 Å². The number of aryl methyl sites for hydroxylation is 4. The molecule has 0 fully saturated rings. The number of benzene rings is 1. The Morgan fingerprint density at radius 1 is 0.789 bits per heavy atom. The van der Waals surface area contributed by atoms with Crippen molar-refractivity contribution in [2.24, 2.45) is 0 Å². The fourth-order valence-electron chi connectivity index (χ4n) is 2.84. The molecular weight excluding hydrogens is 230 g/mol. The molecule has 0 amide bonds. The molecule has 1 heterocycles. The Morgan fingerprint density at radius 2 is 1.37 bits per heavy atom. The van der Waals surface area contributed by atoms with Crippen molar-refractivity contribution < 1.29 is 0 Å². The third kappa shape index (κ3) is 2.91. The number of aromatic nitrogens is 1. The minimum Gasteiger partial charge on any atom is -0.319 e. The van der Waals surface area contributed by atoms with E-state index in [1.54, 1.807) is 0 Å². The summed E-state index contributed by atoms with van der Waals surface area (Å²) in [5, 5.41) is 0. The summed E-state index contributed by atoms with van der Waals surface area (Å²) in [6, 6.07) is 11.4. The highest BCUT2D eigenvalue weighted by Crippen LogP contribution is 2.22. The molecule has 0 saturated carbocycles. The Balaban J connectivity index is 2.45. The zero-order valence-electron chi connectivity index (χ0n) is 12.7. The molecule has 1 nitrogen and oxygen atoms in total. The van der Waals surface area contributed by atoms with Gasteiger partial charge < -0.3 is 4.57 Å². The van der Waals surface area contributed by atoms with Gasteiger partial charge in [0.1, 0.15) is 0 Å². The highest BCUT2D eigenvalue weighted by Gasteiger charge is 2.07. The monoisotopic (exact) mass is 255 g/mol. The summed E-state index contributed by atoms with van der Waals surface area (Å²) in [6.45, 7) is 8.86. The van der Waals surface area contributed by atoms with Gasteiger partial charge in [-0.25, -0.2) is 0 Å². The van der Waals surface area contributed by atoms with E-state index in [2.05, 4.69) is 62.6 Å². The molecule has 0 spiro atoms. The zero-order chi connectivity index (χ0) is 13.8. The van der Waals surface area contributed by atoms with E-state index in [0.29, 0.717) is 0 Å². The molecule has 0 radical (unpaired) electrons. The van der Waals surface area contributed by atoms with Gasteiger partial charge in [0.25, 0.3) is 0 Å². The lowest BCUT2D eigenvalue weighted by molar-refractivity contribution is 0.854. The van der Waals surface area contributed by atoms with Crippen molar-refractivity contribution in [3.63, 3.8) is 0 Å². The second-order valence-corrected chi connectivity index (χ2v) is 5.40. The molecule has 0 saturated heterocycles. The van der Waals surface area contributed by atoms with Gasteiger partial charge in [-0.15, -0.1) is 0 Å². The Bertz CT molecular complexity index is 529. The van der Waals surface area contributed by atoms with Gasteiger partial charge in [-0.3, -0.25) is 0 Å². The molecule has 0 atom stereocenters. The summed E-state index contributed by atoms with van der Waals surface area (Å²) in [6.07, 6.45) is 4.81. The van der Waals surface area contributed by atoms with E-state index in [-0.39, 0.29) is 0 Å². The van der Waals surface area contributed by atoms with Crippen LogP contribution in [-0.4, -0.2) is 4.57 Å². The van der Waals surface area contributed by atoms with Crippen LogP contribution >= 0.6 is 0 Å². The van der Waals surface area contributed by atoms with Crippen molar-refractivity contribution in [3.8, 4) is 5.69 Å². The van der Waals surface area contributed by atoms with Crippen molar-refractivity contribution in [2.75, 3.05) is 0 Å². The molecule has 0 bridgehead atoms. The van der Waals surface area contributed by atoms with Crippen molar-refractivity contribution in [1.29, 1.82) is 0 Å². The predicted molar refractivity (Wildman–Crippen MR) is 83.2 cm³/mol. The van der Waals surface area contributed by atoms with Gasteiger partial charge in [0.2, 0.25) is 0 Å². The minimum atomic E-state index is 1.18. The summed E-state index contributed by atoms with van der Waals surface area (Å²) in [5.41, 5.74) is 6.97. The van der Waals surface area contributed by atoms with Crippen LogP contribution in [0.3, 0.4) is 0 Å². The van der Waals surface area contributed by atoms with Crippen LogP contribution in [0.1, 0.15) is 49.2 Å². The lowest BCUT2D eigenvalue weighted by atomic mass is 9.99. The summed E-state index contributed by atoms with van der Waals surface area (Å²) in [5.74, 6) is 0. The quantitative estimate of drug-likeness (QED) is 0.708. The van der Waals surface area contributed by atoms with Gasteiger partial charge in [-0.1, -0.05) is 32.8 Å². The van der Waals surface area contributed by atoms with Crippen LogP contribution in [0.4, 0.5) is 0 Å². The Kier molecular flexibility index (Phi) is 4.47. The van der Waals surface area contributed by atoms with E-state index < -0.39 is 0 Å². The van der Waals surface area contributed by atoms with E-state index in [9.17, 15) is 0 Å². The van der Waals surface area contributed by atoms with Gasteiger partial charge in [0.05, 0.1) is 0 Å². The van der Waals surface area contributed by atoms with Gasteiger partial charge in [-0.2, -0.15) is 0 Å². The average molecular weight is 255 g/mol. The highest BCUT2D eigenvalue weighted by atomic mass is 15.0. The summed E-state index contributed by atoms with van der Waals surface area (Å²) < 4.78 is 2.34. The fourth-order valence-corrected chi connectivity index (χ4v) is 2.84. The Labute approximate surface area is 117 Å². The third-order valence-corrected chi connectivity index (χ3v) is 3.76. The topological polar surface area (TPSA) is 4.93 Å². The molecule has 2 rings (SSSR count). The number of hydrogen-bond donors (Lipinski definition) is 0. The molecule has 0 aliphatic heterocycles. The van der Waals surface area contributed by atoms with Crippen molar-refractivity contribution in [3.05, 3.63) is 52.8 Å². The fraction of sp³-hybridized carbons (Fsp3) is 0.444. The zero-order valence-corrected chi connectivity index (χ0v) is 12.7. The van der Waals surface area contributed by atoms with Crippen molar-refractivity contribution in [1.82, 2.24) is 4.57 Å². The van der Waals surface area contributed by atoms with Crippen LogP contribution in [-0.2, 0) is 12.8 Å². The van der Waals surface area contributed by atoms with Gasteiger partial charge in [-0.05, 0) is 62.1 Å². The molecular formula is C18H25N. The van der Waals surface area contributed by atoms with Crippen LogP contribution in [0.5, 0.6) is 0 Å². The SMILES string of the molecule is CCCc1ccc(-n2c(C)ccc2C)cc1CCC. The second kappa shape index (κ2) is 6.10. The number of rotatable bonds is 5. The van der Waals surface area contributed by atoms with E-state index in [0.717, 1.165) is 0 Å².